The molecule has 7 heteroatoms. The van der Waals surface area contributed by atoms with Crippen LogP contribution in [0, 0.1) is 12.8 Å². The summed E-state index contributed by atoms with van der Waals surface area (Å²) in [5, 5.41) is 2.86. The van der Waals surface area contributed by atoms with Crippen molar-refractivity contribution in [3.63, 3.8) is 0 Å². The van der Waals surface area contributed by atoms with Crippen LogP contribution in [-0.4, -0.2) is 52.5 Å². The second-order valence-electron chi connectivity index (χ2n) is 8.55. The number of fused-ring (bicyclic) bond motifs is 1. The van der Waals surface area contributed by atoms with Gasteiger partial charge in [0, 0.05) is 25.6 Å². The van der Waals surface area contributed by atoms with Gasteiger partial charge in [-0.05, 0) is 73.7 Å². The van der Waals surface area contributed by atoms with E-state index >= 15 is 0 Å². The molecule has 2 aliphatic rings. The Morgan fingerprint density at radius 2 is 1.84 bits per heavy atom. The fourth-order valence-corrected chi connectivity index (χ4v) is 7.13. The Bertz CT molecular complexity index is 1030. The first-order valence-electron chi connectivity index (χ1n) is 10.9. The van der Waals surface area contributed by atoms with Gasteiger partial charge in [0.25, 0.3) is 0 Å². The van der Waals surface area contributed by atoms with Crippen LogP contribution in [0.3, 0.4) is 0 Å². The van der Waals surface area contributed by atoms with Crippen LogP contribution in [0.4, 0.5) is 0 Å². The Hall–Kier alpha value is -2.09. The zero-order valence-corrected chi connectivity index (χ0v) is 19.4. The molecule has 0 bridgehead atoms. The molecule has 4 rings (SSSR count). The molecule has 0 aliphatic carbocycles. The highest BCUT2D eigenvalue weighted by Crippen LogP contribution is 2.36. The first-order valence-corrected chi connectivity index (χ1v) is 12.5. The summed E-state index contributed by atoms with van der Waals surface area (Å²) in [5.41, 5.74) is 3.27. The second-order valence-corrected chi connectivity index (χ2v) is 10.6. The maximum Gasteiger partial charge on any atom is 0.194 e. The van der Waals surface area contributed by atoms with Crippen molar-refractivity contribution in [2.45, 2.75) is 43.0 Å². The predicted octanol–water partition coefficient (Wildman–Crippen LogP) is 3.17. The van der Waals surface area contributed by atoms with Crippen LogP contribution in [0.1, 0.15) is 29.5 Å². The lowest BCUT2D eigenvalue weighted by Gasteiger charge is -2.40. The number of methoxy groups -OCH3 is 2. The van der Waals surface area contributed by atoms with E-state index in [4.69, 9.17) is 9.47 Å². The summed E-state index contributed by atoms with van der Waals surface area (Å²) >= 11 is 0. The molecule has 168 valence electrons. The number of hydrogen-bond donors (Lipinski definition) is 1. The van der Waals surface area contributed by atoms with Crippen molar-refractivity contribution in [1.82, 2.24) is 10.2 Å². The van der Waals surface area contributed by atoms with E-state index in [1.54, 1.807) is 26.4 Å². The van der Waals surface area contributed by atoms with Gasteiger partial charge >= 0.3 is 0 Å². The molecule has 1 N–H and O–H groups in total. The predicted molar refractivity (Wildman–Crippen MR) is 121 cm³/mol. The molecule has 0 aromatic heterocycles. The number of nitrogens with zero attached hydrogens (tertiary/aromatic N) is 1. The lowest BCUT2D eigenvalue weighted by Crippen LogP contribution is -2.52. The fraction of sp³-hybridized carbons (Fsp3) is 0.500. The minimum absolute atomic E-state index is 0.0564. The van der Waals surface area contributed by atoms with E-state index in [9.17, 15) is 8.42 Å². The van der Waals surface area contributed by atoms with Gasteiger partial charge in [0.05, 0.1) is 19.1 Å². The molecule has 0 radical (unpaired) electrons. The van der Waals surface area contributed by atoms with Crippen LogP contribution in [-0.2, 0) is 22.8 Å². The number of sulfone groups is 1. The maximum absolute atomic E-state index is 13.9. The highest BCUT2D eigenvalue weighted by Gasteiger charge is 2.41. The first-order chi connectivity index (χ1) is 14.9. The molecule has 0 spiro atoms. The number of benzene rings is 2. The van der Waals surface area contributed by atoms with Crippen molar-refractivity contribution < 1.29 is 17.9 Å². The lowest BCUT2D eigenvalue weighted by atomic mass is 9.95. The summed E-state index contributed by atoms with van der Waals surface area (Å²) in [4.78, 5) is 2.57. The monoisotopic (exact) mass is 444 g/mol. The van der Waals surface area contributed by atoms with Crippen LogP contribution in [0.5, 0.6) is 11.5 Å². The Morgan fingerprint density at radius 3 is 2.48 bits per heavy atom. The van der Waals surface area contributed by atoms with Gasteiger partial charge in [0.2, 0.25) is 0 Å². The summed E-state index contributed by atoms with van der Waals surface area (Å²) < 4.78 is 38.8. The van der Waals surface area contributed by atoms with Crippen molar-refractivity contribution in [3.05, 3.63) is 53.1 Å². The zero-order valence-electron chi connectivity index (χ0n) is 18.6. The molecule has 1 fully saturated rings. The van der Waals surface area contributed by atoms with Crippen LogP contribution in [0.2, 0.25) is 0 Å². The van der Waals surface area contributed by atoms with Gasteiger partial charge in [0.15, 0.2) is 21.3 Å². The number of rotatable bonds is 6. The van der Waals surface area contributed by atoms with E-state index in [-0.39, 0.29) is 5.92 Å². The van der Waals surface area contributed by atoms with Crippen molar-refractivity contribution in [3.8, 4) is 11.5 Å². The minimum Gasteiger partial charge on any atom is -0.493 e. The SMILES string of the molecule is COc1cc2c(cc1OC)CN(C(C1CCCNC1)S(=O)(=O)c1cccc(C)c1)CC2. The number of aryl methyl sites for hydroxylation is 1. The number of nitrogens with one attached hydrogen (secondary N) is 1. The Kier molecular flexibility index (Phi) is 6.55. The quantitative estimate of drug-likeness (QED) is 0.738. The Morgan fingerprint density at radius 1 is 1.10 bits per heavy atom. The van der Waals surface area contributed by atoms with E-state index in [1.165, 1.54) is 5.56 Å². The van der Waals surface area contributed by atoms with Crippen LogP contribution < -0.4 is 14.8 Å². The molecular weight excluding hydrogens is 412 g/mol. The van der Waals surface area contributed by atoms with Crippen LogP contribution in [0.15, 0.2) is 41.3 Å². The van der Waals surface area contributed by atoms with Gasteiger partial charge in [-0.3, -0.25) is 4.90 Å². The molecular formula is C24H32N2O4S. The average Bonchev–Trinajstić information content (AvgIpc) is 2.78. The Labute approximate surface area is 185 Å². The molecule has 0 amide bonds. The average molecular weight is 445 g/mol. The highest BCUT2D eigenvalue weighted by molar-refractivity contribution is 7.92. The smallest absolute Gasteiger partial charge is 0.194 e. The molecule has 2 atom stereocenters. The summed E-state index contributed by atoms with van der Waals surface area (Å²) in [6.07, 6.45) is 2.70. The van der Waals surface area contributed by atoms with Gasteiger partial charge in [-0.2, -0.15) is 0 Å². The molecule has 1 saturated heterocycles. The highest BCUT2D eigenvalue weighted by atomic mass is 32.2. The number of hydrogen-bond acceptors (Lipinski definition) is 6. The summed E-state index contributed by atoms with van der Waals surface area (Å²) in [5.74, 6) is 1.46. The number of piperidine rings is 1. The van der Waals surface area contributed by atoms with Gasteiger partial charge in [-0.25, -0.2) is 8.42 Å². The van der Waals surface area contributed by atoms with Crippen molar-refractivity contribution in [1.29, 1.82) is 0 Å². The van der Waals surface area contributed by atoms with E-state index in [0.29, 0.717) is 23.7 Å². The Balaban J connectivity index is 1.71. The molecule has 2 aliphatic heterocycles. The maximum atomic E-state index is 13.9. The molecule has 2 unspecified atom stereocenters. The molecule has 2 heterocycles. The van der Waals surface area contributed by atoms with Gasteiger partial charge in [-0.15, -0.1) is 0 Å². The fourth-order valence-electron chi connectivity index (χ4n) is 4.92. The number of ether oxygens (including phenoxy) is 2. The van der Waals surface area contributed by atoms with Crippen molar-refractivity contribution in [2.24, 2.45) is 5.92 Å². The van der Waals surface area contributed by atoms with Crippen LogP contribution >= 0.6 is 0 Å². The largest absolute Gasteiger partial charge is 0.493 e. The molecule has 2 aromatic carbocycles. The molecule has 2 aromatic rings. The zero-order chi connectivity index (χ0) is 22.0. The van der Waals surface area contributed by atoms with Gasteiger partial charge in [-0.1, -0.05) is 12.1 Å². The third kappa shape index (κ3) is 4.45. The first kappa shape index (κ1) is 22.1. The third-order valence-corrected chi connectivity index (χ3v) is 8.71. The summed E-state index contributed by atoms with van der Waals surface area (Å²) in [6.45, 7) is 4.90. The molecule has 31 heavy (non-hydrogen) atoms. The third-order valence-electron chi connectivity index (χ3n) is 6.48. The summed E-state index contributed by atoms with van der Waals surface area (Å²) in [7, 11) is -0.257. The molecule has 0 saturated carbocycles. The summed E-state index contributed by atoms with van der Waals surface area (Å²) in [6, 6.07) is 11.3. The van der Waals surface area contributed by atoms with E-state index in [0.717, 1.165) is 49.2 Å². The lowest BCUT2D eigenvalue weighted by molar-refractivity contribution is 0.161. The van der Waals surface area contributed by atoms with Crippen molar-refractivity contribution in [2.75, 3.05) is 33.9 Å². The van der Waals surface area contributed by atoms with Crippen molar-refractivity contribution >= 4 is 9.84 Å². The van der Waals surface area contributed by atoms with Gasteiger partial charge in [0.1, 0.15) is 5.37 Å². The molecule has 6 nitrogen and oxygen atoms in total. The normalized spacial score (nSPS) is 20.7. The van der Waals surface area contributed by atoms with E-state index < -0.39 is 15.2 Å². The van der Waals surface area contributed by atoms with Crippen LogP contribution in [0.25, 0.3) is 0 Å². The van der Waals surface area contributed by atoms with Gasteiger partial charge < -0.3 is 14.8 Å². The minimum atomic E-state index is -3.52. The van der Waals surface area contributed by atoms with E-state index in [1.807, 2.05) is 31.2 Å². The van der Waals surface area contributed by atoms with E-state index in [2.05, 4.69) is 10.2 Å². The second kappa shape index (κ2) is 9.18. The topological polar surface area (TPSA) is 67.9 Å². The standard InChI is InChI=1S/C24H32N2O4S/c1-17-6-4-8-21(12-17)31(27,28)24(19-7-5-10-25-15-19)26-11-9-18-13-22(29-2)23(30-3)14-20(18)16-26/h4,6,8,12-14,19,24-25H,5,7,9-11,15-16H2,1-3H3.